The summed E-state index contributed by atoms with van der Waals surface area (Å²) in [5, 5.41) is 9.19. The number of aliphatic carboxylic acids is 1. The summed E-state index contributed by atoms with van der Waals surface area (Å²) in [6, 6.07) is 0.109. The van der Waals surface area contributed by atoms with Crippen molar-refractivity contribution in [1.29, 1.82) is 0 Å². The Balaban J connectivity index is 2.75. The molecule has 122 valence electrons. The van der Waals surface area contributed by atoms with Gasteiger partial charge in [-0.05, 0) is 32.1 Å². The lowest BCUT2D eigenvalue weighted by Gasteiger charge is -2.38. The fourth-order valence-corrected chi connectivity index (χ4v) is 3.32. The second kappa shape index (κ2) is 8.37. The second-order valence-corrected chi connectivity index (χ2v) is 6.48. The molecule has 5 nitrogen and oxygen atoms in total. The Kier molecular flexibility index (Phi) is 7.15. The average Bonchev–Trinajstić information content (AvgIpc) is 2.38. The zero-order valence-electron chi connectivity index (χ0n) is 13.6. The third-order valence-electron chi connectivity index (χ3n) is 4.45. The lowest BCUT2D eigenvalue weighted by Crippen LogP contribution is -2.43. The predicted octanol–water partition coefficient (Wildman–Crippen LogP) is 2.69. The van der Waals surface area contributed by atoms with Crippen molar-refractivity contribution in [2.45, 2.75) is 64.8 Å². The molecule has 5 heteroatoms. The van der Waals surface area contributed by atoms with Gasteiger partial charge >= 0.3 is 5.97 Å². The molecule has 0 atom stereocenters. The molecular weight excluding hydrogens is 270 g/mol. The Bertz CT molecular complexity index is 348. The van der Waals surface area contributed by atoms with Crippen LogP contribution in [0, 0.1) is 5.41 Å². The van der Waals surface area contributed by atoms with E-state index >= 15 is 0 Å². The van der Waals surface area contributed by atoms with Gasteiger partial charge in [0.05, 0.1) is 13.0 Å². The van der Waals surface area contributed by atoms with Gasteiger partial charge in [-0.1, -0.05) is 19.3 Å². The van der Waals surface area contributed by atoms with E-state index in [1.54, 1.807) is 7.11 Å². The van der Waals surface area contributed by atoms with Gasteiger partial charge in [0.1, 0.15) is 0 Å². The van der Waals surface area contributed by atoms with E-state index in [2.05, 4.69) is 0 Å². The third kappa shape index (κ3) is 5.65. The highest BCUT2D eigenvalue weighted by Gasteiger charge is 2.37. The van der Waals surface area contributed by atoms with Crippen molar-refractivity contribution in [2.24, 2.45) is 5.41 Å². The van der Waals surface area contributed by atoms with Crippen LogP contribution in [-0.4, -0.2) is 48.2 Å². The van der Waals surface area contributed by atoms with Gasteiger partial charge in [0, 0.05) is 26.1 Å². The van der Waals surface area contributed by atoms with Crippen LogP contribution in [0.5, 0.6) is 0 Å². The fourth-order valence-electron chi connectivity index (χ4n) is 3.32. The van der Waals surface area contributed by atoms with Crippen molar-refractivity contribution >= 4 is 11.9 Å². The first kappa shape index (κ1) is 18.0. The first-order valence-electron chi connectivity index (χ1n) is 7.90. The lowest BCUT2D eigenvalue weighted by atomic mass is 9.69. The smallest absolute Gasteiger partial charge is 0.303 e. The van der Waals surface area contributed by atoms with Crippen LogP contribution >= 0.6 is 0 Å². The first-order chi connectivity index (χ1) is 9.90. The summed E-state index contributed by atoms with van der Waals surface area (Å²) in [6.45, 7) is 5.04. The summed E-state index contributed by atoms with van der Waals surface area (Å²) in [6.07, 6.45) is 5.35. The summed E-state index contributed by atoms with van der Waals surface area (Å²) in [5.74, 6) is -0.733. The highest BCUT2D eigenvalue weighted by atomic mass is 16.5. The first-order valence-corrected chi connectivity index (χ1v) is 7.90. The number of carbonyl (C=O) groups is 2. The number of hydrogen-bond donors (Lipinski definition) is 1. The number of carboxylic acids is 1. The molecule has 0 radical (unpaired) electrons. The lowest BCUT2D eigenvalue weighted by molar-refractivity contribution is -0.143. The Morgan fingerprint density at radius 2 is 1.81 bits per heavy atom. The minimum Gasteiger partial charge on any atom is -0.481 e. The van der Waals surface area contributed by atoms with Crippen LogP contribution in [0.25, 0.3) is 0 Å². The quantitative estimate of drug-likeness (QED) is 0.748. The zero-order valence-corrected chi connectivity index (χ0v) is 13.6. The number of methoxy groups -OCH3 is 1. The van der Waals surface area contributed by atoms with Crippen molar-refractivity contribution in [1.82, 2.24) is 4.90 Å². The van der Waals surface area contributed by atoms with E-state index in [0.29, 0.717) is 19.6 Å². The van der Waals surface area contributed by atoms with E-state index in [0.717, 1.165) is 32.1 Å². The summed E-state index contributed by atoms with van der Waals surface area (Å²) in [5.41, 5.74) is -0.346. The molecular formula is C16H29NO4. The molecule has 0 spiro atoms. The zero-order chi connectivity index (χ0) is 15.9. The van der Waals surface area contributed by atoms with Gasteiger partial charge in [0.15, 0.2) is 0 Å². The van der Waals surface area contributed by atoms with Crippen LogP contribution in [0.1, 0.15) is 58.8 Å². The maximum absolute atomic E-state index is 12.6. The number of ether oxygens (including phenoxy) is 1. The van der Waals surface area contributed by atoms with Gasteiger partial charge in [-0.2, -0.15) is 0 Å². The molecule has 0 heterocycles. The standard InChI is InChI=1S/C16H29NO4/c1-13(2)17(9-10-21-3)14(18)11-16(12-15(19)20)7-5-4-6-8-16/h13H,4-12H2,1-3H3,(H,19,20). The van der Waals surface area contributed by atoms with E-state index in [9.17, 15) is 14.7 Å². The maximum atomic E-state index is 12.6. The molecule has 1 N–H and O–H groups in total. The SMILES string of the molecule is COCCN(C(=O)CC1(CC(=O)O)CCCCC1)C(C)C. The number of carbonyl (C=O) groups excluding carboxylic acids is 1. The van der Waals surface area contributed by atoms with Crippen LogP contribution in [0.3, 0.4) is 0 Å². The number of carboxylic acid groups (broad SMARTS) is 1. The van der Waals surface area contributed by atoms with Crippen LogP contribution in [0.15, 0.2) is 0 Å². The Hall–Kier alpha value is -1.10. The molecule has 1 amide bonds. The van der Waals surface area contributed by atoms with Crippen molar-refractivity contribution in [3.05, 3.63) is 0 Å². The number of amides is 1. The third-order valence-corrected chi connectivity index (χ3v) is 4.45. The highest BCUT2D eigenvalue weighted by molar-refractivity contribution is 5.78. The molecule has 0 aromatic carbocycles. The number of hydrogen-bond acceptors (Lipinski definition) is 3. The monoisotopic (exact) mass is 299 g/mol. The van der Waals surface area contributed by atoms with Crippen molar-refractivity contribution < 1.29 is 19.4 Å². The van der Waals surface area contributed by atoms with Gasteiger partial charge in [0.25, 0.3) is 0 Å². The van der Waals surface area contributed by atoms with Gasteiger partial charge in [-0.3, -0.25) is 9.59 Å². The molecule has 0 saturated heterocycles. The normalized spacial score (nSPS) is 17.7. The van der Waals surface area contributed by atoms with Crippen LogP contribution in [0.2, 0.25) is 0 Å². The Morgan fingerprint density at radius 3 is 2.29 bits per heavy atom. The molecule has 1 rings (SSSR count). The summed E-state index contributed by atoms with van der Waals surface area (Å²) >= 11 is 0. The average molecular weight is 299 g/mol. The minimum absolute atomic E-state index is 0.0604. The number of nitrogens with zero attached hydrogens (tertiary/aromatic N) is 1. The number of rotatable bonds is 8. The predicted molar refractivity (Wildman–Crippen MR) is 81.1 cm³/mol. The molecule has 0 aromatic heterocycles. The van der Waals surface area contributed by atoms with E-state index in [1.165, 1.54) is 0 Å². The fraction of sp³-hybridized carbons (Fsp3) is 0.875. The van der Waals surface area contributed by atoms with Crippen LogP contribution in [-0.2, 0) is 14.3 Å². The summed E-state index contributed by atoms with van der Waals surface area (Å²) in [7, 11) is 1.62. The Morgan fingerprint density at radius 1 is 1.19 bits per heavy atom. The minimum atomic E-state index is -0.794. The van der Waals surface area contributed by atoms with Crippen LogP contribution in [0.4, 0.5) is 0 Å². The summed E-state index contributed by atoms with van der Waals surface area (Å²) < 4.78 is 5.06. The van der Waals surface area contributed by atoms with E-state index < -0.39 is 5.97 Å². The van der Waals surface area contributed by atoms with Gasteiger partial charge < -0.3 is 14.7 Å². The molecule has 0 bridgehead atoms. The van der Waals surface area contributed by atoms with Gasteiger partial charge in [-0.25, -0.2) is 0 Å². The summed E-state index contributed by atoms with van der Waals surface area (Å²) in [4.78, 5) is 25.6. The molecule has 0 aromatic rings. The van der Waals surface area contributed by atoms with E-state index in [-0.39, 0.29) is 23.8 Å². The van der Waals surface area contributed by atoms with Gasteiger partial charge in [-0.15, -0.1) is 0 Å². The van der Waals surface area contributed by atoms with Gasteiger partial charge in [0.2, 0.25) is 5.91 Å². The van der Waals surface area contributed by atoms with E-state index in [4.69, 9.17) is 4.74 Å². The van der Waals surface area contributed by atoms with E-state index in [1.807, 2.05) is 18.7 Å². The van der Waals surface area contributed by atoms with Crippen molar-refractivity contribution in [3.8, 4) is 0 Å². The molecule has 1 fully saturated rings. The maximum Gasteiger partial charge on any atom is 0.303 e. The topological polar surface area (TPSA) is 66.8 Å². The Labute approximate surface area is 127 Å². The van der Waals surface area contributed by atoms with Crippen molar-refractivity contribution in [2.75, 3.05) is 20.3 Å². The van der Waals surface area contributed by atoms with Crippen LogP contribution < -0.4 is 0 Å². The molecule has 1 saturated carbocycles. The largest absolute Gasteiger partial charge is 0.481 e. The molecule has 1 aliphatic rings. The second-order valence-electron chi connectivity index (χ2n) is 6.48. The molecule has 0 unspecified atom stereocenters. The molecule has 21 heavy (non-hydrogen) atoms. The molecule has 0 aliphatic heterocycles. The molecule has 1 aliphatic carbocycles. The highest BCUT2D eigenvalue weighted by Crippen LogP contribution is 2.42. The van der Waals surface area contributed by atoms with Crippen molar-refractivity contribution in [3.63, 3.8) is 0 Å².